The molecule has 0 aliphatic rings. The van der Waals surface area contributed by atoms with Crippen molar-refractivity contribution in [3.63, 3.8) is 0 Å². The monoisotopic (exact) mass is 425 g/mol. The Morgan fingerprint density at radius 2 is 1.58 bits per heavy atom. The molecular formula is C27H39NO3. The minimum absolute atomic E-state index is 0.231. The Bertz CT molecular complexity index is 747. The molecule has 0 bridgehead atoms. The van der Waals surface area contributed by atoms with Gasteiger partial charge in [-0.2, -0.15) is 0 Å². The number of methoxy groups -OCH3 is 1. The molecule has 0 aliphatic heterocycles. The molecule has 0 aromatic heterocycles. The number of hydrogen-bond donors (Lipinski definition) is 0. The third-order valence-electron chi connectivity index (χ3n) is 5.68. The van der Waals surface area contributed by atoms with Crippen LogP contribution in [0.15, 0.2) is 54.6 Å². The zero-order chi connectivity index (χ0) is 22.3. The van der Waals surface area contributed by atoms with Crippen molar-refractivity contribution in [1.29, 1.82) is 0 Å². The van der Waals surface area contributed by atoms with Crippen LogP contribution in [-0.4, -0.2) is 31.2 Å². The molecule has 0 spiro atoms. The standard InChI is InChI=1S/C27H39NO3/c1-4-6-14-23(15-13-17-24-16-11-12-20-26(24)30-3)22-28(21-7-5-2)27(29)31-25-18-9-8-10-19-25/h8-12,16,18-20,23H,4-7,13-15,17,21-22H2,1-3H3/t23-/m1/s1. The summed E-state index contributed by atoms with van der Waals surface area (Å²) < 4.78 is 11.1. The highest BCUT2D eigenvalue weighted by Gasteiger charge is 2.20. The fraction of sp³-hybridized carbons (Fsp3) is 0.519. The van der Waals surface area contributed by atoms with Crippen LogP contribution < -0.4 is 9.47 Å². The van der Waals surface area contributed by atoms with Gasteiger partial charge in [0.1, 0.15) is 11.5 Å². The van der Waals surface area contributed by atoms with Crippen molar-refractivity contribution in [1.82, 2.24) is 4.90 Å². The van der Waals surface area contributed by atoms with Crippen LogP contribution in [0.3, 0.4) is 0 Å². The average Bonchev–Trinajstić information content (AvgIpc) is 2.80. The molecule has 0 heterocycles. The van der Waals surface area contributed by atoms with E-state index < -0.39 is 0 Å². The maximum absolute atomic E-state index is 12.9. The van der Waals surface area contributed by atoms with Crippen LogP contribution in [0, 0.1) is 5.92 Å². The zero-order valence-corrected chi connectivity index (χ0v) is 19.5. The number of hydrogen-bond acceptors (Lipinski definition) is 3. The molecule has 0 fully saturated rings. The van der Waals surface area contributed by atoms with E-state index in [9.17, 15) is 4.79 Å². The minimum Gasteiger partial charge on any atom is -0.496 e. The highest BCUT2D eigenvalue weighted by atomic mass is 16.6. The predicted molar refractivity (Wildman–Crippen MR) is 128 cm³/mol. The number of rotatable bonds is 14. The molecule has 0 saturated heterocycles. The number of carbonyl (C=O) groups is 1. The van der Waals surface area contributed by atoms with E-state index in [0.29, 0.717) is 11.7 Å². The molecule has 4 heteroatoms. The maximum Gasteiger partial charge on any atom is 0.415 e. The summed E-state index contributed by atoms with van der Waals surface area (Å²) in [6.45, 7) is 5.89. The van der Waals surface area contributed by atoms with E-state index in [1.807, 2.05) is 47.4 Å². The molecule has 2 aromatic carbocycles. The molecule has 0 saturated carbocycles. The van der Waals surface area contributed by atoms with Crippen molar-refractivity contribution >= 4 is 6.09 Å². The number of aryl methyl sites for hydroxylation is 1. The van der Waals surface area contributed by atoms with Gasteiger partial charge in [0.05, 0.1) is 7.11 Å². The highest BCUT2D eigenvalue weighted by molar-refractivity contribution is 5.70. The molecule has 4 nitrogen and oxygen atoms in total. The topological polar surface area (TPSA) is 38.8 Å². The van der Waals surface area contributed by atoms with Gasteiger partial charge < -0.3 is 14.4 Å². The van der Waals surface area contributed by atoms with Crippen molar-refractivity contribution in [2.24, 2.45) is 5.92 Å². The summed E-state index contributed by atoms with van der Waals surface area (Å²) in [5.74, 6) is 2.05. The minimum atomic E-state index is -0.231. The Morgan fingerprint density at radius 1 is 0.903 bits per heavy atom. The Morgan fingerprint density at radius 3 is 2.29 bits per heavy atom. The van der Waals surface area contributed by atoms with Gasteiger partial charge in [-0.05, 0) is 61.8 Å². The van der Waals surface area contributed by atoms with Gasteiger partial charge in [-0.1, -0.05) is 69.5 Å². The summed E-state index contributed by atoms with van der Waals surface area (Å²) in [5, 5.41) is 0. The smallest absolute Gasteiger partial charge is 0.415 e. The van der Waals surface area contributed by atoms with Crippen LogP contribution in [0.1, 0.15) is 64.4 Å². The first kappa shape index (κ1) is 24.8. The molecule has 0 radical (unpaired) electrons. The van der Waals surface area contributed by atoms with Crippen molar-refractivity contribution in [2.75, 3.05) is 20.2 Å². The highest BCUT2D eigenvalue weighted by Crippen LogP contribution is 2.23. The van der Waals surface area contributed by atoms with E-state index in [1.165, 1.54) is 18.4 Å². The van der Waals surface area contributed by atoms with Crippen molar-refractivity contribution in [3.8, 4) is 11.5 Å². The first-order valence-electron chi connectivity index (χ1n) is 11.8. The van der Waals surface area contributed by atoms with E-state index in [0.717, 1.165) is 57.4 Å². The fourth-order valence-electron chi connectivity index (χ4n) is 3.88. The number of para-hydroxylation sites is 2. The number of carbonyl (C=O) groups excluding carboxylic acids is 1. The second-order valence-corrected chi connectivity index (χ2v) is 8.19. The molecule has 1 atom stereocenters. The van der Waals surface area contributed by atoms with Gasteiger partial charge in [0.25, 0.3) is 0 Å². The maximum atomic E-state index is 12.9. The zero-order valence-electron chi connectivity index (χ0n) is 19.5. The summed E-state index contributed by atoms with van der Waals surface area (Å²) in [4.78, 5) is 14.8. The molecule has 170 valence electrons. The van der Waals surface area contributed by atoms with Gasteiger partial charge in [0.15, 0.2) is 0 Å². The predicted octanol–water partition coefficient (Wildman–Crippen LogP) is 7.13. The van der Waals surface area contributed by atoms with E-state index in [1.54, 1.807) is 7.11 Å². The first-order chi connectivity index (χ1) is 15.2. The van der Waals surface area contributed by atoms with Gasteiger partial charge in [0.2, 0.25) is 0 Å². The number of benzene rings is 2. The van der Waals surface area contributed by atoms with Crippen molar-refractivity contribution < 1.29 is 14.3 Å². The SMILES string of the molecule is CCCC[C@H](CCCc1ccccc1OC)CN(CCCC)C(=O)Oc1ccccc1. The number of ether oxygens (including phenoxy) is 2. The lowest BCUT2D eigenvalue weighted by atomic mass is 9.94. The van der Waals surface area contributed by atoms with Gasteiger partial charge in [-0.15, -0.1) is 0 Å². The molecule has 0 aliphatic carbocycles. The van der Waals surface area contributed by atoms with Gasteiger partial charge in [0, 0.05) is 13.1 Å². The molecule has 2 rings (SSSR count). The lowest BCUT2D eigenvalue weighted by molar-refractivity contribution is 0.139. The lowest BCUT2D eigenvalue weighted by Gasteiger charge is -2.27. The van der Waals surface area contributed by atoms with Crippen molar-refractivity contribution in [2.45, 2.75) is 65.2 Å². The van der Waals surface area contributed by atoms with Crippen molar-refractivity contribution in [3.05, 3.63) is 60.2 Å². The Labute approximate surface area is 188 Å². The third-order valence-corrected chi connectivity index (χ3v) is 5.68. The van der Waals surface area contributed by atoms with E-state index in [4.69, 9.17) is 9.47 Å². The number of unbranched alkanes of at least 4 members (excludes halogenated alkanes) is 2. The molecule has 31 heavy (non-hydrogen) atoms. The molecule has 1 amide bonds. The Hall–Kier alpha value is -2.49. The fourth-order valence-corrected chi connectivity index (χ4v) is 3.88. The van der Waals surface area contributed by atoms with Crippen LogP contribution in [0.4, 0.5) is 4.79 Å². The Balaban J connectivity index is 1.98. The molecule has 0 unspecified atom stereocenters. The summed E-state index contributed by atoms with van der Waals surface area (Å²) in [6, 6.07) is 17.6. The molecule has 0 N–H and O–H groups in total. The lowest BCUT2D eigenvalue weighted by Crippen LogP contribution is -2.38. The van der Waals surface area contributed by atoms with Gasteiger partial charge in [-0.25, -0.2) is 4.79 Å². The third kappa shape index (κ3) is 9.04. The second-order valence-electron chi connectivity index (χ2n) is 8.19. The van der Waals surface area contributed by atoms with Crippen LogP contribution in [-0.2, 0) is 6.42 Å². The number of nitrogens with zero attached hydrogens (tertiary/aromatic N) is 1. The first-order valence-corrected chi connectivity index (χ1v) is 11.8. The van der Waals surface area contributed by atoms with Gasteiger partial charge in [-0.3, -0.25) is 0 Å². The van der Waals surface area contributed by atoms with Crippen LogP contribution in [0.5, 0.6) is 11.5 Å². The normalized spacial score (nSPS) is 11.7. The van der Waals surface area contributed by atoms with E-state index >= 15 is 0 Å². The summed E-state index contributed by atoms with van der Waals surface area (Å²) in [7, 11) is 1.73. The summed E-state index contributed by atoms with van der Waals surface area (Å²) >= 11 is 0. The summed E-state index contributed by atoms with van der Waals surface area (Å²) in [5.41, 5.74) is 1.26. The largest absolute Gasteiger partial charge is 0.496 e. The second kappa shape index (κ2) is 14.5. The average molecular weight is 426 g/mol. The van der Waals surface area contributed by atoms with Crippen LogP contribution in [0.2, 0.25) is 0 Å². The molecule has 2 aromatic rings. The van der Waals surface area contributed by atoms with Gasteiger partial charge >= 0.3 is 6.09 Å². The van der Waals surface area contributed by atoms with Crippen LogP contribution >= 0.6 is 0 Å². The Kier molecular flexibility index (Phi) is 11.6. The van der Waals surface area contributed by atoms with Crippen LogP contribution in [0.25, 0.3) is 0 Å². The van der Waals surface area contributed by atoms with E-state index in [-0.39, 0.29) is 6.09 Å². The molecular weight excluding hydrogens is 386 g/mol. The summed E-state index contributed by atoms with van der Waals surface area (Å²) in [6.07, 6.45) is 8.50. The van der Waals surface area contributed by atoms with E-state index in [2.05, 4.69) is 26.0 Å². The quantitative estimate of drug-likeness (QED) is 0.323. The number of amides is 1.